The van der Waals surface area contributed by atoms with E-state index in [-0.39, 0.29) is 17.0 Å². The van der Waals surface area contributed by atoms with E-state index in [1.165, 1.54) is 12.1 Å². The van der Waals surface area contributed by atoms with Gasteiger partial charge in [0, 0.05) is 0 Å². The van der Waals surface area contributed by atoms with Gasteiger partial charge in [-0.05, 0) is 50.3 Å². The van der Waals surface area contributed by atoms with Gasteiger partial charge in [-0.1, -0.05) is 26.0 Å². The summed E-state index contributed by atoms with van der Waals surface area (Å²) in [5, 5.41) is 0. The van der Waals surface area contributed by atoms with E-state index >= 15 is 0 Å². The van der Waals surface area contributed by atoms with Gasteiger partial charge in [0.15, 0.2) is 0 Å². The number of ether oxygens (including phenoxy) is 2. The first-order valence-corrected chi connectivity index (χ1v) is 7.53. The van der Waals surface area contributed by atoms with Gasteiger partial charge in [0.25, 0.3) is 0 Å². The molecule has 0 spiro atoms. The molecule has 2 atom stereocenters. The van der Waals surface area contributed by atoms with Crippen LogP contribution < -0.4 is 0 Å². The lowest BCUT2D eigenvalue weighted by Crippen LogP contribution is -2.37. The second-order valence-corrected chi connectivity index (χ2v) is 6.06. The van der Waals surface area contributed by atoms with Crippen molar-refractivity contribution < 1.29 is 13.9 Å². The number of halogens is 1. The molecule has 0 amide bonds. The Morgan fingerprint density at radius 3 is 2.40 bits per heavy atom. The van der Waals surface area contributed by atoms with E-state index in [1.807, 2.05) is 0 Å². The van der Waals surface area contributed by atoms with Crippen molar-refractivity contribution in [2.45, 2.75) is 64.3 Å². The molecule has 1 heterocycles. The minimum atomic E-state index is -0.211. The molecular weight excluding hydrogens is 255 g/mol. The van der Waals surface area contributed by atoms with Crippen molar-refractivity contribution in [1.29, 1.82) is 0 Å². The SMILES string of the molecule is CCC1(C)CCC(CC)(COCc2ccc(F)cc2)O1. The third-order valence-electron chi connectivity index (χ3n) is 4.51. The molecule has 2 nitrogen and oxygen atoms in total. The number of benzene rings is 1. The van der Waals surface area contributed by atoms with Crippen LogP contribution in [0.3, 0.4) is 0 Å². The van der Waals surface area contributed by atoms with Crippen LogP contribution in [0.1, 0.15) is 52.0 Å². The normalized spacial score (nSPS) is 29.8. The maximum absolute atomic E-state index is 12.8. The van der Waals surface area contributed by atoms with Gasteiger partial charge in [0.2, 0.25) is 0 Å². The summed E-state index contributed by atoms with van der Waals surface area (Å²) in [5.74, 6) is -0.211. The second kappa shape index (κ2) is 6.23. The average molecular weight is 280 g/mol. The van der Waals surface area contributed by atoms with Crippen LogP contribution in [-0.2, 0) is 16.1 Å². The summed E-state index contributed by atoms with van der Waals surface area (Å²) in [5.41, 5.74) is 0.842. The van der Waals surface area contributed by atoms with Crippen LogP contribution in [0.2, 0.25) is 0 Å². The first-order chi connectivity index (χ1) is 9.51. The van der Waals surface area contributed by atoms with Gasteiger partial charge >= 0.3 is 0 Å². The van der Waals surface area contributed by atoms with Crippen LogP contribution in [0.25, 0.3) is 0 Å². The fraction of sp³-hybridized carbons (Fsp3) is 0.647. The summed E-state index contributed by atoms with van der Waals surface area (Å²) < 4.78 is 25.0. The van der Waals surface area contributed by atoms with Crippen molar-refractivity contribution >= 4 is 0 Å². The summed E-state index contributed by atoms with van der Waals surface area (Å²) in [4.78, 5) is 0. The van der Waals surface area contributed by atoms with Gasteiger partial charge in [-0.25, -0.2) is 4.39 Å². The molecule has 3 heteroatoms. The van der Waals surface area contributed by atoms with Gasteiger partial charge in [0.05, 0.1) is 24.4 Å². The Morgan fingerprint density at radius 1 is 1.15 bits per heavy atom. The Kier molecular flexibility index (Phi) is 4.82. The Labute approximate surface area is 121 Å². The molecular formula is C17H25FO2. The van der Waals surface area contributed by atoms with Crippen molar-refractivity contribution in [2.75, 3.05) is 6.61 Å². The molecule has 1 saturated heterocycles. The van der Waals surface area contributed by atoms with Crippen LogP contribution in [0.5, 0.6) is 0 Å². The minimum absolute atomic E-state index is 0.00472. The van der Waals surface area contributed by atoms with E-state index in [0.29, 0.717) is 13.2 Å². The van der Waals surface area contributed by atoms with Crippen LogP contribution in [0.15, 0.2) is 24.3 Å². The topological polar surface area (TPSA) is 18.5 Å². The van der Waals surface area contributed by atoms with Gasteiger partial charge in [-0.3, -0.25) is 0 Å². The summed E-state index contributed by atoms with van der Waals surface area (Å²) in [6.45, 7) is 7.63. The minimum Gasteiger partial charge on any atom is -0.374 e. The third-order valence-corrected chi connectivity index (χ3v) is 4.51. The highest BCUT2D eigenvalue weighted by Gasteiger charge is 2.44. The first-order valence-electron chi connectivity index (χ1n) is 7.53. The van der Waals surface area contributed by atoms with E-state index in [1.54, 1.807) is 12.1 Å². The average Bonchev–Trinajstić information content (AvgIpc) is 2.80. The predicted molar refractivity (Wildman–Crippen MR) is 78.1 cm³/mol. The van der Waals surface area contributed by atoms with Crippen molar-refractivity contribution in [3.05, 3.63) is 35.6 Å². The molecule has 112 valence electrons. The molecule has 0 N–H and O–H groups in total. The van der Waals surface area contributed by atoms with E-state index in [2.05, 4.69) is 20.8 Å². The number of hydrogen-bond acceptors (Lipinski definition) is 2. The smallest absolute Gasteiger partial charge is 0.123 e. The van der Waals surface area contributed by atoms with E-state index in [9.17, 15) is 4.39 Å². The number of hydrogen-bond donors (Lipinski definition) is 0. The number of rotatable bonds is 6. The standard InChI is InChI=1S/C17H25FO2/c1-4-16(3)10-11-17(5-2,20-16)13-19-12-14-6-8-15(18)9-7-14/h6-9H,4-5,10-13H2,1-3H3. The Balaban J connectivity index is 1.87. The summed E-state index contributed by atoms with van der Waals surface area (Å²) in [6.07, 6.45) is 4.15. The molecule has 1 aliphatic heterocycles. The highest BCUT2D eigenvalue weighted by Crippen LogP contribution is 2.41. The van der Waals surface area contributed by atoms with E-state index in [0.717, 1.165) is 31.2 Å². The van der Waals surface area contributed by atoms with E-state index in [4.69, 9.17) is 9.47 Å². The fourth-order valence-electron chi connectivity index (χ4n) is 2.75. The van der Waals surface area contributed by atoms with Crippen LogP contribution in [0.4, 0.5) is 4.39 Å². The quantitative estimate of drug-likeness (QED) is 0.765. The highest BCUT2D eigenvalue weighted by molar-refractivity contribution is 5.15. The van der Waals surface area contributed by atoms with Gasteiger partial charge in [-0.15, -0.1) is 0 Å². The zero-order chi connectivity index (χ0) is 14.6. The molecule has 1 aromatic carbocycles. The third kappa shape index (κ3) is 3.58. The van der Waals surface area contributed by atoms with Crippen LogP contribution in [-0.4, -0.2) is 17.8 Å². The van der Waals surface area contributed by atoms with Crippen molar-refractivity contribution in [3.8, 4) is 0 Å². The molecule has 0 bridgehead atoms. The highest BCUT2D eigenvalue weighted by atomic mass is 19.1. The summed E-state index contributed by atoms with van der Waals surface area (Å²) in [7, 11) is 0. The van der Waals surface area contributed by atoms with E-state index < -0.39 is 0 Å². The lowest BCUT2D eigenvalue weighted by Gasteiger charge is -2.32. The first kappa shape index (κ1) is 15.5. The molecule has 0 aliphatic carbocycles. The Morgan fingerprint density at radius 2 is 1.85 bits per heavy atom. The predicted octanol–water partition coefficient (Wildman–Crippen LogP) is 4.47. The lowest BCUT2D eigenvalue weighted by molar-refractivity contribution is -0.134. The molecule has 0 radical (unpaired) electrons. The maximum Gasteiger partial charge on any atom is 0.123 e. The van der Waals surface area contributed by atoms with Crippen LogP contribution >= 0.6 is 0 Å². The van der Waals surface area contributed by atoms with Crippen molar-refractivity contribution in [2.24, 2.45) is 0 Å². The Bertz CT molecular complexity index is 431. The molecule has 1 aromatic rings. The molecule has 2 rings (SSSR count). The maximum atomic E-state index is 12.8. The van der Waals surface area contributed by atoms with Crippen molar-refractivity contribution in [3.63, 3.8) is 0 Å². The monoisotopic (exact) mass is 280 g/mol. The largest absolute Gasteiger partial charge is 0.374 e. The van der Waals surface area contributed by atoms with Crippen molar-refractivity contribution in [1.82, 2.24) is 0 Å². The summed E-state index contributed by atoms with van der Waals surface area (Å²) in [6, 6.07) is 6.46. The van der Waals surface area contributed by atoms with Crippen LogP contribution in [0, 0.1) is 5.82 Å². The zero-order valence-electron chi connectivity index (χ0n) is 12.7. The molecule has 1 aliphatic rings. The van der Waals surface area contributed by atoms with Gasteiger partial charge < -0.3 is 9.47 Å². The summed E-state index contributed by atoms with van der Waals surface area (Å²) >= 11 is 0. The molecule has 0 saturated carbocycles. The second-order valence-electron chi connectivity index (χ2n) is 6.06. The fourth-order valence-corrected chi connectivity index (χ4v) is 2.75. The molecule has 20 heavy (non-hydrogen) atoms. The lowest BCUT2D eigenvalue weighted by atomic mass is 9.94. The molecule has 1 fully saturated rings. The molecule has 2 unspecified atom stereocenters. The Hall–Kier alpha value is -0.930. The molecule has 0 aromatic heterocycles. The van der Waals surface area contributed by atoms with Gasteiger partial charge in [-0.2, -0.15) is 0 Å². The zero-order valence-corrected chi connectivity index (χ0v) is 12.7. The van der Waals surface area contributed by atoms with Gasteiger partial charge in [0.1, 0.15) is 5.82 Å².